The van der Waals surface area contributed by atoms with Gasteiger partial charge in [-0.2, -0.15) is 5.10 Å². The van der Waals surface area contributed by atoms with E-state index >= 15 is 0 Å². The minimum atomic E-state index is -0.403. The summed E-state index contributed by atoms with van der Waals surface area (Å²) in [5, 5.41) is 3.78. The van der Waals surface area contributed by atoms with Gasteiger partial charge in [0.1, 0.15) is 6.61 Å². The molecule has 0 bridgehead atoms. The van der Waals surface area contributed by atoms with Crippen molar-refractivity contribution < 1.29 is 9.53 Å². The SMILES string of the molecule is CC(C(=O)OCC=NN)c1ccccc1Cl. The van der Waals surface area contributed by atoms with Crippen molar-refractivity contribution in [2.24, 2.45) is 10.9 Å². The highest BCUT2D eigenvalue weighted by atomic mass is 35.5. The number of rotatable bonds is 4. The molecule has 16 heavy (non-hydrogen) atoms. The van der Waals surface area contributed by atoms with Crippen LogP contribution in [0, 0.1) is 0 Å². The van der Waals surface area contributed by atoms with E-state index in [2.05, 4.69) is 5.10 Å². The number of hydrogen-bond acceptors (Lipinski definition) is 4. The molecule has 4 nitrogen and oxygen atoms in total. The summed E-state index contributed by atoms with van der Waals surface area (Å²) >= 11 is 5.97. The highest BCUT2D eigenvalue weighted by Gasteiger charge is 2.18. The van der Waals surface area contributed by atoms with Crippen LogP contribution in [-0.4, -0.2) is 18.8 Å². The van der Waals surface area contributed by atoms with Gasteiger partial charge in [-0.3, -0.25) is 4.79 Å². The first-order valence-electron chi connectivity index (χ1n) is 4.79. The molecule has 1 unspecified atom stereocenters. The van der Waals surface area contributed by atoms with Crippen LogP contribution in [0.1, 0.15) is 18.4 Å². The van der Waals surface area contributed by atoms with Crippen LogP contribution in [0.5, 0.6) is 0 Å². The van der Waals surface area contributed by atoms with E-state index in [4.69, 9.17) is 22.2 Å². The fraction of sp³-hybridized carbons (Fsp3) is 0.273. The maximum atomic E-state index is 11.6. The summed E-state index contributed by atoms with van der Waals surface area (Å²) in [4.78, 5) is 11.6. The van der Waals surface area contributed by atoms with E-state index in [0.29, 0.717) is 5.02 Å². The third-order valence-corrected chi connectivity index (χ3v) is 2.48. The summed E-state index contributed by atoms with van der Waals surface area (Å²) < 4.78 is 4.93. The largest absolute Gasteiger partial charge is 0.459 e. The second kappa shape index (κ2) is 6.12. The molecule has 86 valence electrons. The van der Waals surface area contributed by atoms with Crippen molar-refractivity contribution in [3.63, 3.8) is 0 Å². The molecule has 0 aromatic heterocycles. The number of ether oxygens (including phenoxy) is 1. The molecule has 1 aromatic rings. The number of benzene rings is 1. The molecule has 0 spiro atoms. The molecule has 1 atom stereocenters. The maximum absolute atomic E-state index is 11.6. The zero-order valence-electron chi connectivity index (χ0n) is 8.89. The van der Waals surface area contributed by atoms with Gasteiger partial charge in [-0.05, 0) is 18.6 Å². The number of hydrazone groups is 1. The van der Waals surface area contributed by atoms with Gasteiger partial charge in [-0.25, -0.2) is 0 Å². The molecule has 5 heteroatoms. The van der Waals surface area contributed by atoms with Crippen LogP contribution in [0.3, 0.4) is 0 Å². The second-order valence-electron chi connectivity index (χ2n) is 3.20. The van der Waals surface area contributed by atoms with Gasteiger partial charge in [-0.15, -0.1) is 0 Å². The lowest BCUT2D eigenvalue weighted by atomic mass is 10.0. The minimum absolute atomic E-state index is 0.0735. The quantitative estimate of drug-likeness (QED) is 0.379. The molecule has 1 rings (SSSR count). The predicted molar refractivity (Wildman–Crippen MR) is 63.5 cm³/mol. The summed E-state index contributed by atoms with van der Waals surface area (Å²) in [6.07, 6.45) is 1.32. The summed E-state index contributed by atoms with van der Waals surface area (Å²) in [5.41, 5.74) is 0.749. The van der Waals surface area contributed by atoms with Gasteiger partial charge in [-0.1, -0.05) is 29.8 Å². The normalized spacial score (nSPS) is 12.6. The fourth-order valence-corrected chi connectivity index (χ4v) is 1.54. The number of nitrogens with zero attached hydrogens (tertiary/aromatic N) is 1. The molecule has 0 aliphatic heterocycles. The molecule has 2 N–H and O–H groups in total. The Balaban J connectivity index is 2.67. The average Bonchev–Trinajstić information content (AvgIpc) is 2.29. The lowest BCUT2D eigenvalue weighted by molar-refractivity contribution is -0.143. The van der Waals surface area contributed by atoms with E-state index in [9.17, 15) is 4.79 Å². The molecule has 0 aliphatic rings. The smallest absolute Gasteiger partial charge is 0.313 e. The Morgan fingerprint density at radius 1 is 1.62 bits per heavy atom. The van der Waals surface area contributed by atoms with Crippen molar-refractivity contribution >= 4 is 23.8 Å². The van der Waals surface area contributed by atoms with Crippen LogP contribution in [0.4, 0.5) is 0 Å². The van der Waals surface area contributed by atoms with E-state index < -0.39 is 5.92 Å². The third kappa shape index (κ3) is 3.24. The van der Waals surface area contributed by atoms with Gasteiger partial charge >= 0.3 is 5.97 Å². The van der Waals surface area contributed by atoms with Crippen LogP contribution in [0.2, 0.25) is 5.02 Å². The van der Waals surface area contributed by atoms with Crippen molar-refractivity contribution in [2.75, 3.05) is 6.61 Å². The number of hydrogen-bond donors (Lipinski definition) is 1. The Bertz CT molecular complexity index is 393. The number of esters is 1. The van der Waals surface area contributed by atoms with Gasteiger partial charge in [0.05, 0.1) is 12.1 Å². The molecule has 0 aliphatic carbocycles. The Labute approximate surface area is 99.0 Å². The topological polar surface area (TPSA) is 64.7 Å². The predicted octanol–water partition coefficient (Wildman–Crippen LogP) is 1.93. The lowest BCUT2D eigenvalue weighted by Gasteiger charge is -2.11. The molecule has 0 radical (unpaired) electrons. The number of nitrogens with two attached hydrogens (primary N) is 1. The fourth-order valence-electron chi connectivity index (χ4n) is 1.24. The molecule has 0 saturated heterocycles. The first-order valence-corrected chi connectivity index (χ1v) is 5.17. The first kappa shape index (κ1) is 12.5. The molecule has 0 fully saturated rings. The zero-order valence-corrected chi connectivity index (χ0v) is 9.65. The van der Waals surface area contributed by atoms with E-state index in [1.54, 1.807) is 19.1 Å². The number of carbonyl (C=O) groups is 1. The number of halogens is 1. The second-order valence-corrected chi connectivity index (χ2v) is 3.61. The van der Waals surface area contributed by atoms with Crippen LogP contribution in [0.15, 0.2) is 29.4 Å². The average molecular weight is 241 g/mol. The van der Waals surface area contributed by atoms with Crippen LogP contribution >= 0.6 is 11.6 Å². The third-order valence-electron chi connectivity index (χ3n) is 2.13. The van der Waals surface area contributed by atoms with Crippen LogP contribution in [0.25, 0.3) is 0 Å². The van der Waals surface area contributed by atoms with Crippen molar-refractivity contribution in [2.45, 2.75) is 12.8 Å². The summed E-state index contributed by atoms with van der Waals surface area (Å²) in [6, 6.07) is 7.17. The van der Waals surface area contributed by atoms with Gasteiger partial charge in [0.25, 0.3) is 0 Å². The number of carbonyl (C=O) groups excluding carboxylic acids is 1. The van der Waals surface area contributed by atoms with Gasteiger partial charge < -0.3 is 10.6 Å². The van der Waals surface area contributed by atoms with Gasteiger partial charge in [0.15, 0.2) is 0 Å². The van der Waals surface area contributed by atoms with E-state index in [-0.39, 0.29) is 12.6 Å². The van der Waals surface area contributed by atoms with E-state index in [1.807, 2.05) is 12.1 Å². The Kier molecular flexibility index (Phi) is 4.79. The monoisotopic (exact) mass is 240 g/mol. The summed E-state index contributed by atoms with van der Waals surface area (Å²) in [6.45, 7) is 1.81. The molecule has 1 aromatic carbocycles. The Morgan fingerprint density at radius 2 is 2.31 bits per heavy atom. The van der Waals surface area contributed by atoms with Crippen molar-refractivity contribution in [3.8, 4) is 0 Å². The highest BCUT2D eigenvalue weighted by Crippen LogP contribution is 2.24. The van der Waals surface area contributed by atoms with Crippen LogP contribution in [-0.2, 0) is 9.53 Å². The molecular formula is C11H13ClN2O2. The Hall–Kier alpha value is -1.55. The van der Waals surface area contributed by atoms with E-state index in [1.165, 1.54) is 6.21 Å². The lowest BCUT2D eigenvalue weighted by Crippen LogP contribution is -2.15. The summed E-state index contributed by atoms with van der Waals surface area (Å²) in [7, 11) is 0. The van der Waals surface area contributed by atoms with Crippen molar-refractivity contribution in [3.05, 3.63) is 34.9 Å². The zero-order chi connectivity index (χ0) is 12.0. The summed E-state index contributed by atoms with van der Waals surface area (Å²) in [5.74, 6) is 4.13. The van der Waals surface area contributed by atoms with Gasteiger partial charge in [0.2, 0.25) is 0 Å². The van der Waals surface area contributed by atoms with Crippen LogP contribution < -0.4 is 5.84 Å². The maximum Gasteiger partial charge on any atom is 0.313 e. The standard InChI is InChI=1S/C11H13ClN2O2/c1-8(11(15)16-7-6-14-13)9-4-2-3-5-10(9)12/h2-6,8H,7,13H2,1H3. The van der Waals surface area contributed by atoms with Crippen molar-refractivity contribution in [1.82, 2.24) is 0 Å². The molecular weight excluding hydrogens is 228 g/mol. The molecule has 0 heterocycles. The van der Waals surface area contributed by atoms with E-state index in [0.717, 1.165) is 5.56 Å². The minimum Gasteiger partial charge on any atom is -0.459 e. The molecule has 0 saturated carbocycles. The Morgan fingerprint density at radius 3 is 2.94 bits per heavy atom. The highest BCUT2D eigenvalue weighted by molar-refractivity contribution is 6.31. The first-order chi connectivity index (χ1) is 7.66. The van der Waals surface area contributed by atoms with Gasteiger partial charge in [0, 0.05) is 5.02 Å². The molecule has 0 amide bonds. The van der Waals surface area contributed by atoms with Crippen molar-refractivity contribution in [1.29, 1.82) is 0 Å².